The fourth-order valence-electron chi connectivity index (χ4n) is 2.12. The molecule has 1 heterocycles. The molecule has 0 unspecified atom stereocenters. The molecular formula is C16H10Cl2N2OS. The van der Waals surface area contributed by atoms with E-state index in [1.165, 1.54) is 4.90 Å². The molecular weight excluding hydrogens is 339 g/mol. The molecule has 2 aromatic rings. The number of para-hydroxylation sites is 1. The first-order chi connectivity index (χ1) is 10.6. The highest BCUT2D eigenvalue weighted by atomic mass is 35.5. The third-order valence-corrected chi connectivity index (χ3v) is 4.17. The lowest BCUT2D eigenvalue weighted by molar-refractivity contribution is -0.113. The maximum absolute atomic E-state index is 12.5. The summed E-state index contributed by atoms with van der Waals surface area (Å²) in [6, 6.07) is 14.4. The third-order valence-electron chi connectivity index (χ3n) is 3.15. The van der Waals surface area contributed by atoms with Crippen molar-refractivity contribution in [3.05, 3.63) is 69.8 Å². The molecule has 1 N–H and O–H groups in total. The Morgan fingerprint density at radius 3 is 2.45 bits per heavy atom. The van der Waals surface area contributed by atoms with Crippen molar-refractivity contribution >= 4 is 58.2 Å². The SMILES string of the molecule is O=C1/C(=C/c2ccc(Cl)c(Cl)c2)NC(=S)N1c1ccccc1. The maximum atomic E-state index is 12.5. The quantitative estimate of drug-likeness (QED) is 0.650. The van der Waals surface area contributed by atoms with Gasteiger partial charge in [0.05, 0.1) is 15.7 Å². The normalized spacial score (nSPS) is 16.3. The standard InChI is InChI=1S/C16H10Cl2N2OS/c17-12-7-6-10(8-13(12)18)9-14-15(21)20(16(22)19-14)11-4-2-1-3-5-11/h1-9H,(H,19,22)/b14-9-. The number of hydrogen-bond acceptors (Lipinski definition) is 2. The van der Waals surface area contributed by atoms with Gasteiger partial charge in [0.15, 0.2) is 5.11 Å². The van der Waals surface area contributed by atoms with Crippen LogP contribution in [0.3, 0.4) is 0 Å². The fourth-order valence-corrected chi connectivity index (χ4v) is 2.72. The Balaban J connectivity index is 1.93. The van der Waals surface area contributed by atoms with E-state index in [1.54, 1.807) is 24.3 Å². The van der Waals surface area contributed by atoms with Gasteiger partial charge in [0, 0.05) is 0 Å². The first kappa shape index (κ1) is 15.0. The summed E-state index contributed by atoms with van der Waals surface area (Å²) in [5.74, 6) is -0.206. The minimum absolute atomic E-state index is 0.206. The van der Waals surface area contributed by atoms with Crippen LogP contribution < -0.4 is 10.2 Å². The lowest BCUT2D eigenvalue weighted by atomic mass is 10.2. The molecule has 6 heteroatoms. The fraction of sp³-hybridized carbons (Fsp3) is 0. The first-order valence-corrected chi connectivity index (χ1v) is 7.60. The zero-order valence-electron chi connectivity index (χ0n) is 11.2. The summed E-state index contributed by atoms with van der Waals surface area (Å²) >= 11 is 17.1. The molecule has 1 amide bonds. The van der Waals surface area contributed by atoms with E-state index in [4.69, 9.17) is 35.4 Å². The van der Waals surface area contributed by atoms with E-state index < -0.39 is 0 Å². The van der Waals surface area contributed by atoms with Crippen LogP contribution in [0.15, 0.2) is 54.2 Å². The van der Waals surface area contributed by atoms with Crippen LogP contribution >= 0.6 is 35.4 Å². The molecule has 110 valence electrons. The molecule has 3 rings (SSSR count). The van der Waals surface area contributed by atoms with Crippen LogP contribution in [0, 0.1) is 0 Å². The van der Waals surface area contributed by atoms with Crippen molar-refractivity contribution in [1.29, 1.82) is 0 Å². The predicted molar refractivity (Wildman–Crippen MR) is 94.1 cm³/mol. The van der Waals surface area contributed by atoms with Crippen molar-refractivity contribution in [2.45, 2.75) is 0 Å². The average Bonchev–Trinajstić information content (AvgIpc) is 2.78. The Morgan fingerprint density at radius 2 is 1.77 bits per heavy atom. The Labute approximate surface area is 143 Å². The minimum atomic E-state index is -0.206. The molecule has 3 nitrogen and oxygen atoms in total. The molecule has 0 spiro atoms. The molecule has 2 aromatic carbocycles. The number of hydrogen-bond donors (Lipinski definition) is 1. The van der Waals surface area contributed by atoms with E-state index in [0.29, 0.717) is 20.9 Å². The number of carbonyl (C=O) groups is 1. The predicted octanol–water partition coefficient (Wildman–Crippen LogP) is 4.26. The number of nitrogens with one attached hydrogen (secondary N) is 1. The highest BCUT2D eigenvalue weighted by molar-refractivity contribution is 7.80. The highest BCUT2D eigenvalue weighted by Gasteiger charge is 2.31. The van der Waals surface area contributed by atoms with E-state index >= 15 is 0 Å². The van der Waals surface area contributed by atoms with Crippen LogP contribution in [0.4, 0.5) is 5.69 Å². The van der Waals surface area contributed by atoms with Crippen molar-refractivity contribution < 1.29 is 4.79 Å². The van der Waals surface area contributed by atoms with Crippen LogP contribution in [0.2, 0.25) is 10.0 Å². The molecule has 1 fully saturated rings. The zero-order chi connectivity index (χ0) is 15.7. The Morgan fingerprint density at radius 1 is 1.05 bits per heavy atom. The smallest absolute Gasteiger partial charge is 0.281 e. The van der Waals surface area contributed by atoms with E-state index in [-0.39, 0.29) is 5.91 Å². The van der Waals surface area contributed by atoms with Gasteiger partial charge in [-0.05, 0) is 48.1 Å². The lowest BCUT2D eigenvalue weighted by Gasteiger charge is -2.13. The molecule has 1 aliphatic rings. The van der Waals surface area contributed by atoms with Gasteiger partial charge in [-0.15, -0.1) is 0 Å². The largest absolute Gasteiger partial charge is 0.327 e. The minimum Gasteiger partial charge on any atom is -0.327 e. The van der Waals surface area contributed by atoms with Crippen LogP contribution in [-0.4, -0.2) is 11.0 Å². The second kappa shape index (κ2) is 6.08. The van der Waals surface area contributed by atoms with Gasteiger partial charge in [0.1, 0.15) is 5.70 Å². The molecule has 0 atom stereocenters. The summed E-state index contributed by atoms with van der Waals surface area (Å²) in [6.45, 7) is 0. The number of anilines is 1. The second-order valence-corrected chi connectivity index (χ2v) is 5.84. The van der Waals surface area contributed by atoms with Gasteiger partial charge in [-0.1, -0.05) is 47.5 Å². The Hall–Kier alpha value is -1.88. The molecule has 0 aromatic heterocycles. The van der Waals surface area contributed by atoms with Gasteiger partial charge in [0.2, 0.25) is 0 Å². The van der Waals surface area contributed by atoms with Crippen LogP contribution in [-0.2, 0) is 4.79 Å². The first-order valence-electron chi connectivity index (χ1n) is 6.43. The van der Waals surface area contributed by atoms with Gasteiger partial charge in [-0.3, -0.25) is 9.69 Å². The topological polar surface area (TPSA) is 32.3 Å². The van der Waals surface area contributed by atoms with Crippen molar-refractivity contribution in [2.24, 2.45) is 0 Å². The molecule has 0 aliphatic carbocycles. The lowest BCUT2D eigenvalue weighted by Crippen LogP contribution is -2.30. The summed E-state index contributed by atoms with van der Waals surface area (Å²) < 4.78 is 0. The summed E-state index contributed by atoms with van der Waals surface area (Å²) in [4.78, 5) is 14.0. The maximum Gasteiger partial charge on any atom is 0.281 e. The summed E-state index contributed by atoms with van der Waals surface area (Å²) in [5.41, 5.74) is 1.89. The van der Waals surface area contributed by atoms with Crippen molar-refractivity contribution in [3.63, 3.8) is 0 Å². The van der Waals surface area contributed by atoms with Crippen molar-refractivity contribution in [3.8, 4) is 0 Å². The number of halogens is 2. The number of amides is 1. The zero-order valence-corrected chi connectivity index (χ0v) is 13.5. The van der Waals surface area contributed by atoms with E-state index in [9.17, 15) is 4.79 Å². The van der Waals surface area contributed by atoms with Crippen LogP contribution in [0.1, 0.15) is 5.56 Å². The summed E-state index contributed by atoms with van der Waals surface area (Å²) in [5, 5.41) is 4.18. The third kappa shape index (κ3) is 2.86. The van der Waals surface area contributed by atoms with Crippen molar-refractivity contribution in [2.75, 3.05) is 4.90 Å². The Bertz CT molecular complexity index is 790. The average molecular weight is 349 g/mol. The van der Waals surface area contributed by atoms with Gasteiger partial charge in [-0.25, -0.2) is 0 Å². The molecule has 1 saturated heterocycles. The van der Waals surface area contributed by atoms with Crippen molar-refractivity contribution in [1.82, 2.24) is 5.32 Å². The number of thiocarbonyl (C=S) groups is 1. The van der Waals surface area contributed by atoms with E-state index in [0.717, 1.165) is 11.3 Å². The number of nitrogens with zero attached hydrogens (tertiary/aromatic N) is 1. The second-order valence-electron chi connectivity index (χ2n) is 4.64. The van der Waals surface area contributed by atoms with Gasteiger partial charge < -0.3 is 5.32 Å². The molecule has 0 bridgehead atoms. The Kier molecular flexibility index (Phi) is 4.16. The molecule has 0 radical (unpaired) electrons. The van der Waals surface area contributed by atoms with E-state index in [2.05, 4.69) is 5.32 Å². The monoisotopic (exact) mass is 348 g/mol. The number of rotatable bonds is 2. The summed E-state index contributed by atoms with van der Waals surface area (Å²) in [6.07, 6.45) is 1.69. The molecule has 0 saturated carbocycles. The van der Waals surface area contributed by atoms with Gasteiger partial charge in [-0.2, -0.15) is 0 Å². The number of carbonyl (C=O) groups excluding carboxylic acids is 1. The van der Waals surface area contributed by atoms with Gasteiger partial charge in [0.25, 0.3) is 5.91 Å². The van der Waals surface area contributed by atoms with Gasteiger partial charge >= 0.3 is 0 Å². The number of benzene rings is 2. The molecule has 22 heavy (non-hydrogen) atoms. The molecule has 1 aliphatic heterocycles. The summed E-state index contributed by atoms with van der Waals surface area (Å²) in [7, 11) is 0. The van der Waals surface area contributed by atoms with Crippen LogP contribution in [0.5, 0.6) is 0 Å². The van der Waals surface area contributed by atoms with E-state index in [1.807, 2.05) is 30.3 Å². The highest BCUT2D eigenvalue weighted by Crippen LogP contribution is 2.25. The van der Waals surface area contributed by atoms with Crippen LogP contribution in [0.25, 0.3) is 6.08 Å².